The lowest BCUT2D eigenvalue weighted by Gasteiger charge is -2.32. The molecule has 0 spiro atoms. The summed E-state index contributed by atoms with van der Waals surface area (Å²) in [6, 6.07) is 6.07. The maximum Gasteiger partial charge on any atom is 0.251 e. The summed E-state index contributed by atoms with van der Waals surface area (Å²) in [5, 5.41) is 3.13. The van der Waals surface area contributed by atoms with Crippen LogP contribution >= 0.6 is 0 Å². The Bertz CT molecular complexity index is 582. The number of hydrogen-bond donors (Lipinski definition) is 1. The molecule has 1 heterocycles. The Hall–Kier alpha value is -1.39. The molecule has 2 fully saturated rings. The highest BCUT2D eigenvalue weighted by molar-refractivity contribution is 5.94. The number of fused-ring (bicyclic) bond motifs is 1. The topological polar surface area (TPSA) is 47.6 Å². The molecule has 2 aliphatic carbocycles. The second kappa shape index (κ2) is 6.62. The molecule has 3 aliphatic rings. The van der Waals surface area contributed by atoms with Crippen LogP contribution in [0.3, 0.4) is 0 Å². The van der Waals surface area contributed by atoms with E-state index in [1.807, 2.05) is 6.07 Å². The molecule has 4 rings (SSSR count). The van der Waals surface area contributed by atoms with Crippen molar-refractivity contribution in [2.24, 2.45) is 5.92 Å². The van der Waals surface area contributed by atoms with Gasteiger partial charge in [-0.2, -0.15) is 0 Å². The highest BCUT2D eigenvalue weighted by Crippen LogP contribution is 2.30. The van der Waals surface area contributed by atoms with E-state index < -0.39 is 0 Å². The third-order valence-electron chi connectivity index (χ3n) is 5.21. The lowest BCUT2D eigenvalue weighted by atomic mass is 10.0. The SMILES string of the molecule is O=C(N[C@@H]1COCC[C@@H]1OCC1CC1)c1ccc2c(c1)CCC2. The van der Waals surface area contributed by atoms with E-state index in [-0.39, 0.29) is 18.1 Å². The molecule has 0 bridgehead atoms. The highest BCUT2D eigenvalue weighted by atomic mass is 16.5. The van der Waals surface area contributed by atoms with Crippen LogP contribution in [0, 0.1) is 5.92 Å². The first-order valence-corrected chi connectivity index (χ1v) is 8.91. The summed E-state index contributed by atoms with van der Waals surface area (Å²) < 4.78 is 11.6. The van der Waals surface area contributed by atoms with Gasteiger partial charge in [0, 0.05) is 18.8 Å². The fraction of sp³-hybridized carbons (Fsp3) is 0.632. The minimum absolute atomic E-state index is 0.00442. The summed E-state index contributed by atoms with van der Waals surface area (Å²) in [6.45, 7) is 2.10. The maximum absolute atomic E-state index is 12.6. The van der Waals surface area contributed by atoms with Crippen LogP contribution in [0.2, 0.25) is 0 Å². The van der Waals surface area contributed by atoms with Crippen molar-refractivity contribution in [3.8, 4) is 0 Å². The fourth-order valence-corrected chi connectivity index (χ4v) is 3.56. The zero-order chi connectivity index (χ0) is 15.6. The number of benzene rings is 1. The molecule has 1 aromatic rings. The quantitative estimate of drug-likeness (QED) is 0.908. The zero-order valence-electron chi connectivity index (χ0n) is 13.6. The largest absolute Gasteiger partial charge is 0.379 e. The van der Waals surface area contributed by atoms with E-state index in [9.17, 15) is 4.79 Å². The molecule has 0 radical (unpaired) electrons. The molecule has 1 saturated heterocycles. The minimum Gasteiger partial charge on any atom is -0.379 e. The summed E-state index contributed by atoms with van der Waals surface area (Å²) in [5.74, 6) is 0.737. The van der Waals surface area contributed by atoms with E-state index in [0.29, 0.717) is 6.61 Å². The molecule has 23 heavy (non-hydrogen) atoms. The van der Waals surface area contributed by atoms with Gasteiger partial charge in [0.2, 0.25) is 0 Å². The Morgan fingerprint density at radius 1 is 1.22 bits per heavy atom. The van der Waals surface area contributed by atoms with E-state index in [0.717, 1.165) is 44.0 Å². The monoisotopic (exact) mass is 315 g/mol. The molecule has 1 saturated carbocycles. The number of amides is 1. The van der Waals surface area contributed by atoms with Gasteiger partial charge in [-0.05, 0) is 67.7 Å². The summed E-state index contributed by atoms with van der Waals surface area (Å²) in [5.41, 5.74) is 3.49. The van der Waals surface area contributed by atoms with E-state index in [4.69, 9.17) is 9.47 Å². The third-order valence-corrected chi connectivity index (χ3v) is 5.21. The van der Waals surface area contributed by atoms with Gasteiger partial charge in [0.1, 0.15) is 0 Å². The van der Waals surface area contributed by atoms with Crippen LogP contribution in [0.4, 0.5) is 0 Å². The molecule has 1 amide bonds. The fourth-order valence-electron chi connectivity index (χ4n) is 3.56. The molecule has 1 aromatic carbocycles. The Kier molecular flexibility index (Phi) is 4.36. The van der Waals surface area contributed by atoms with Gasteiger partial charge in [-0.1, -0.05) is 6.07 Å². The smallest absolute Gasteiger partial charge is 0.251 e. The molecule has 4 heteroatoms. The predicted molar refractivity (Wildman–Crippen MR) is 87.6 cm³/mol. The van der Waals surface area contributed by atoms with Crippen LogP contribution in [0.25, 0.3) is 0 Å². The van der Waals surface area contributed by atoms with Gasteiger partial charge in [-0.3, -0.25) is 4.79 Å². The van der Waals surface area contributed by atoms with Gasteiger partial charge in [0.05, 0.1) is 18.8 Å². The lowest BCUT2D eigenvalue weighted by molar-refractivity contribution is -0.0567. The summed E-state index contributed by atoms with van der Waals surface area (Å²) in [4.78, 5) is 12.6. The number of nitrogens with one attached hydrogen (secondary N) is 1. The zero-order valence-corrected chi connectivity index (χ0v) is 13.6. The number of carbonyl (C=O) groups excluding carboxylic acids is 1. The first-order valence-electron chi connectivity index (χ1n) is 8.91. The van der Waals surface area contributed by atoms with Crippen LogP contribution in [0.15, 0.2) is 18.2 Å². The molecule has 0 unspecified atom stereocenters. The normalized spacial score (nSPS) is 26.8. The van der Waals surface area contributed by atoms with Gasteiger partial charge in [0.25, 0.3) is 5.91 Å². The summed E-state index contributed by atoms with van der Waals surface area (Å²) in [7, 11) is 0. The number of hydrogen-bond acceptors (Lipinski definition) is 3. The molecular weight excluding hydrogens is 290 g/mol. The van der Waals surface area contributed by atoms with Crippen molar-refractivity contribution in [1.82, 2.24) is 5.32 Å². The molecule has 2 atom stereocenters. The van der Waals surface area contributed by atoms with E-state index >= 15 is 0 Å². The van der Waals surface area contributed by atoms with Gasteiger partial charge in [-0.15, -0.1) is 0 Å². The molecule has 0 aromatic heterocycles. The van der Waals surface area contributed by atoms with Crippen molar-refractivity contribution >= 4 is 5.91 Å². The van der Waals surface area contributed by atoms with Crippen molar-refractivity contribution in [2.75, 3.05) is 19.8 Å². The van der Waals surface area contributed by atoms with Crippen molar-refractivity contribution in [3.63, 3.8) is 0 Å². The van der Waals surface area contributed by atoms with Crippen molar-refractivity contribution in [3.05, 3.63) is 34.9 Å². The molecular formula is C19H25NO3. The van der Waals surface area contributed by atoms with Gasteiger partial charge in [-0.25, -0.2) is 0 Å². The maximum atomic E-state index is 12.6. The average Bonchev–Trinajstić information content (AvgIpc) is 3.28. The minimum atomic E-state index is -0.0387. The molecule has 1 N–H and O–H groups in total. The lowest BCUT2D eigenvalue weighted by Crippen LogP contribution is -2.50. The van der Waals surface area contributed by atoms with Crippen molar-refractivity contribution < 1.29 is 14.3 Å². The molecule has 124 valence electrons. The van der Waals surface area contributed by atoms with E-state index in [1.165, 1.54) is 30.4 Å². The average molecular weight is 315 g/mol. The van der Waals surface area contributed by atoms with Crippen LogP contribution in [-0.2, 0) is 22.3 Å². The van der Waals surface area contributed by atoms with Crippen LogP contribution < -0.4 is 5.32 Å². The number of rotatable bonds is 5. The Balaban J connectivity index is 1.39. The second-order valence-corrected chi connectivity index (χ2v) is 7.10. The van der Waals surface area contributed by atoms with Gasteiger partial charge >= 0.3 is 0 Å². The van der Waals surface area contributed by atoms with Crippen LogP contribution in [-0.4, -0.2) is 37.9 Å². The van der Waals surface area contributed by atoms with E-state index in [1.54, 1.807) is 0 Å². The van der Waals surface area contributed by atoms with Gasteiger partial charge in [0.15, 0.2) is 0 Å². The third kappa shape index (κ3) is 3.59. The highest BCUT2D eigenvalue weighted by Gasteiger charge is 2.31. The summed E-state index contributed by atoms with van der Waals surface area (Å²) >= 11 is 0. The molecule has 1 aliphatic heterocycles. The number of ether oxygens (including phenoxy) is 2. The van der Waals surface area contributed by atoms with Crippen LogP contribution in [0.1, 0.15) is 47.2 Å². The summed E-state index contributed by atoms with van der Waals surface area (Å²) in [6.07, 6.45) is 6.96. The van der Waals surface area contributed by atoms with Gasteiger partial charge < -0.3 is 14.8 Å². The van der Waals surface area contributed by atoms with E-state index in [2.05, 4.69) is 17.4 Å². The number of carbonyl (C=O) groups is 1. The Morgan fingerprint density at radius 2 is 2.09 bits per heavy atom. The molecule has 4 nitrogen and oxygen atoms in total. The standard InChI is InChI=1S/C19H25NO3/c21-19(16-7-6-14-2-1-3-15(14)10-16)20-17-12-22-9-8-18(17)23-11-13-4-5-13/h6-7,10,13,17-18H,1-5,8-9,11-12H2,(H,20,21)/t17-,18+/m1/s1. The Labute approximate surface area is 137 Å². The Morgan fingerprint density at radius 3 is 2.96 bits per heavy atom. The van der Waals surface area contributed by atoms with Crippen molar-refractivity contribution in [2.45, 2.75) is 50.7 Å². The second-order valence-electron chi connectivity index (χ2n) is 7.10. The number of aryl methyl sites for hydroxylation is 2. The van der Waals surface area contributed by atoms with Crippen molar-refractivity contribution in [1.29, 1.82) is 0 Å². The van der Waals surface area contributed by atoms with Crippen LogP contribution in [0.5, 0.6) is 0 Å². The first kappa shape index (κ1) is 15.2. The first-order chi connectivity index (χ1) is 11.3. The predicted octanol–water partition coefficient (Wildman–Crippen LogP) is 2.49.